The lowest BCUT2D eigenvalue weighted by Gasteiger charge is -2.29. The fourth-order valence-corrected chi connectivity index (χ4v) is 1.58. The Morgan fingerprint density at radius 1 is 1.82 bits per heavy atom. The minimum absolute atomic E-state index is 0.566. The van der Waals surface area contributed by atoms with Gasteiger partial charge in [0.1, 0.15) is 0 Å². The monoisotopic (exact) mass is 158 g/mol. The normalized spacial score (nSPS) is 32.5. The van der Waals surface area contributed by atoms with E-state index in [1.165, 1.54) is 0 Å². The molecular weight excluding hydrogens is 144 g/mol. The standard InChI is InChI=1S/C7H14N2O2/c1-2-9-5-3-4-7(9,8)6(10)11/h2-5,8H2,1H3,(H,10,11). The third-order valence-electron chi connectivity index (χ3n) is 2.30. The van der Waals surface area contributed by atoms with Gasteiger partial charge >= 0.3 is 5.97 Å². The molecule has 0 bridgehead atoms. The number of hydrogen-bond donors (Lipinski definition) is 2. The summed E-state index contributed by atoms with van der Waals surface area (Å²) in [5, 5.41) is 8.81. The molecule has 0 spiro atoms. The topological polar surface area (TPSA) is 66.6 Å². The molecule has 0 aliphatic carbocycles. The molecule has 0 aromatic rings. The number of rotatable bonds is 2. The first-order valence-corrected chi connectivity index (χ1v) is 3.88. The fourth-order valence-electron chi connectivity index (χ4n) is 1.58. The average molecular weight is 158 g/mol. The van der Waals surface area contributed by atoms with Crippen molar-refractivity contribution in [3.8, 4) is 0 Å². The predicted molar refractivity (Wildman–Crippen MR) is 41.0 cm³/mol. The van der Waals surface area contributed by atoms with Crippen LogP contribution in [0.15, 0.2) is 0 Å². The van der Waals surface area contributed by atoms with Gasteiger partial charge in [-0.3, -0.25) is 4.90 Å². The number of likely N-dealkylation sites (tertiary alicyclic amines) is 1. The van der Waals surface area contributed by atoms with Crippen LogP contribution in [0.3, 0.4) is 0 Å². The van der Waals surface area contributed by atoms with Crippen molar-refractivity contribution in [3.63, 3.8) is 0 Å². The van der Waals surface area contributed by atoms with Gasteiger partial charge in [-0.2, -0.15) is 0 Å². The summed E-state index contributed by atoms with van der Waals surface area (Å²) in [5.41, 5.74) is 4.59. The van der Waals surface area contributed by atoms with Gasteiger partial charge in [0.05, 0.1) is 0 Å². The zero-order valence-electron chi connectivity index (χ0n) is 6.71. The Kier molecular flexibility index (Phi) is 2.15. The molecule has 0 aromatic heterocycles. The second-order valence-electron chi connectivity index (χ2n) is 2.91. The van der Waals surface area contributed by atoms with Crippen LogP contribution in [0.5, 0.6) is 0 Å². The molecule has 1 unspecified atom stereocenters. The van der Waals surface area contributed by atoms with E-state index in [1.54, 1.807) is 4.90 Å². The third kappa shape index (κ3) is 1.23. The number of carboxylic acids is 1. The summed E-state index contributed by atoms with van der Waals surface area (Å²) in [4.78, 5) is 12.5. The Morgan fingerprint density at radius 3 is 2.82 bits per heavy atom. The van der Waals surface area contributed by atoms with Crippen LogP contribution in [0.25, 0.3) is 0 Å². The maximum atomic E-state index is 10.7. The summed E-state index contributed by atoms with van der Waals surface area (Å²) in [7, 11) is 0. The highest BCUT2D eigenvalue weighted by atomic mass is 16.4. The molecule has 1 heterocycles. The molecule has 1 atom stereocenters. The summed E-state index contributed by atoms with van der Waals surface area (Å²) in [5.74, 6) is -0.906. The number of nitrogens with zero attached hydrogens (tertiary/aromatic N) is 1. The zero-order valence-corrected chi connectivity index (χ0v) is 6.71. The number of carboxylic acid groups (broad SMARTS) is 1. The Morgan fingerprint density at radius 2 is 2.45 bits per heavy atom. The Balaban J connectivity index is 2.75. The first-order chi connectivity index (χ1) is 5.11. The van der Waals surface area contributed by atoms with E-state index in [0.29, 0.717) is 13.0 Å². The van der Waals surface area contributed by atoms with E-state index in [2.05, 4.69) is 0 Å². The molecule has 4 nitrogen and oxygen atoms in total. The van der Waals surface area contributed by atoms with Crippen LogP contribution in [0.1, 0.15) is 19.8 Å². The highest BCUT2D eigenvalue weighted by Gasteiger charge is 2.43. The van der Waals surface area contributed by atoms with E-state index in [0.717, 1.165) is 13.0 Å². The lowest BCUT2D eigenvalue weighted by Crippen LogP contribution is -2.57. The van der Waals surface area contributed by atoms with Crippen LogP contribution >= 0.6 is 0 Å². The van der Waals surface area contributed by atoms with E-state index in [-0.39, 0.29) is 0 Å². The quantitative estimate of drug-likeness (QED) is 0.586. The highest BCUT2D eigenvalue weighted by molar-refractivity contribution is 5.78. The Labute approximate surface area is 66.0 Å². The van der Waals surface area contributed by atoms with Crippen molar-refractivity contribution >= 4 is 5.97 Å². The molecule has 4 heteroatoms. The van der Waals surface area contributed by atoms with Gasteiger partial charge in [0.2, 0.25) is 0 Å². The van der Waals surface area contributed by atoms with Gasteiger partial charge in [-0.1, -0.05) is 6.92 Å². The fraction of sp³-hybridized carbons (Fsp3) is 0.857. The van der Waals surface area contributed by atoms with Crippen LogP contribution in [-0.4, -0.2) is 34.7 Å². The van der Waals surface area contributed by atoms with E-state index >= 15 is 0 Å². The van der Waals surface area contributed by atoms with Crippen molar-refractivity contribution < 1.29 is 9.90 Å². The summed E-state index contributed by atoms with van der Waals surface area (Å²) >= 11 is 0. The molecule has 0 radical (unpaired) electrons. The van der Waals surface area contributed by atoms with Gasteiger partial charge in [0, 0.05) is 6.54 Å². The molecule has 1 rings (SSSR count). The highest BCUT2D eigenvalue weighted by Crippen LogP contribution is 2.23. The minimum atomic E-state index is -1.09. The van der Waals surface area contributed by atoms with E-state index in [9.17, 15) is 4.79 Å². The van der Waals surface area contributed by atoms with Crippen molar-refractivity contribution in [1.82, 2.24) is 4.90 Å². The molecule has 1 fully saturated rings. The van der Waals surface area contributed by atoms with Crippen LogP contribution in [0.4, 0.5) is 0 Å². The number of hydrogen-bond acceptors (Lipinski definition) is 3. The molecule has 1 saturated heterocycles. The molecule has 3 N–H and O–H groups in total. The van der Waals surface area contributed by atoms with Crippen molar-refractivity contribution in [2.45, 2.75) is 25.4 Å². The number of nitrogens with two attached hydrogens (primary N) is 1. The largest absolute Gasteiger partial charge is 0.479 e. The van der Waals surface area contributed by atoms with E-state index in [4.69, 9.17) is 10.8 Å². The van der Waals surface area contributed by atoms with Gasteiger partial charge in [-0.05, 0) is 19.4 Å². The molecule has 11 heavy (non-hydrogen) atoms. The molecule has 0 amide bonds. The summed E-state index contributed by atoms with van der Waals surface area (Å²) < 4.78 is 0. The van der Waals surface area contributed by atoms with Crippen molar-refractivity contribution in [2.75, 3.05) is 13.1 Å². The van der Waals surface area contributed by atoms with E-state index < -0.39 is 11.6 Å². The number of aliphatic carboxylic acids is 1. The lowest BCUT2D eigenvalue weighted by atomic mass is 10.1. The van der Waals surface area contributed by atoms with Crippen LogP contribution in [-0.2, 0) is 4.79 Å². The lowest BCUT2D eigenvalue weighted by molar-refractivity contribution is -0.149. The average Bonchev–Trinajstić information content (AvgIpc) is 2.32. The van der Waals surface area contributed by atoms with Crippen molar-refractivity contribution in [3.05, 3.63) is 0 Å². The van der Waals surface area contributed by atoms with Gasteiger partial charge in [-0.15, -0.1) is 0 Å². The predicted octanol–water partition coefficient (Wildman–Crippen LogP) is -0.158. The molecule has 0 saturated carbocycles. The molecule has 1 aliphatic rings. The first-order valence-electron chi connectivity index (χ1n) is 3.88. The first kappa shape index (κ1) is 8.49. The van der Waals surface area contributed by atoms with E-state index in [1.807, 2.05) is 6.92 Å². The summed E-state index contributed by atoms with van der Waals surface area (Å²) in [6.45, 7) is 3.44. The van der Waals surface area contributed by atoms with Gasteiger partial charge in [0.25, 0.3) is 0 Å². The molecule has 0 aromatic carbocycles. The van der Waals surface area contributed by atoms with Crippen molar-refractivity contribution in [1.29, 1.82) is 0 Å². The van der Waals surface area contributed by atoms with Gasteiger partial charge < -0.3 is 10.8 Å². The summed E-state index contributed by atoms with van der Waals surface area (Å²) in [6.07, 6.45) is 1.45. The maximum Gasteiger partial charge on any atom is 0.338 e. The Hall–Kier alpha value is -0.610. The van der Waals surface area contributed by atoms with Crippen LogP contribution < -0.4 is 5.73 Å². The molecular formula is C7H14N2O2. The second-order valence-corrected chi connectivity index (χ2v) is 2.91. The van der Waals surface area contributed by atoms with Crippen LogP contribution in [0.2, 0.25) is 0 Å². The zero-order chi connectivity index (χ0) is 8.48. The maximum absolute atomic E-state index is 10.7. The van der Waals surface area contributed by atoms with Gasteiger partial charge in [-0.25, -0.2) is 4.79 Å². The molecule has 64 valence electrons. The number of likely N-dealkylation sites (N-methyl/N-ethyl adjacent to an activating group) is 1. The van der Waals surface area contributed by atoms with Gasteiger partial charge in [0.15, 0.2) is 5.66 Å². The molecule has 1 aliphatic heterocycles. The third-order valence-corrected chi connectivity index (χ3v) is 2.30. The SMILES string of the molecule is CCN1CCCC1(N)C(=O)O. The Bertz CT molecular complexity index is 172. The van der Waals surface area contributed by atoms with Crippen LogP contribution in [0, 0.1) is 0 Å². The number of carbonyl (C=O) groups is 1. The smallest absolute Gasteiger partial charge is 0.338 e. The second kappa shape index (κ2) is 2.79. The summed E-state index contributed by atoms with van der Waals surface area (Å²) in [6, 6.07) is 0. The van der Waals surface area contributed by atoms with Crippen molar-refractivity contribution in [2.24, 2.45) is 5.73 Å². The minimum Gasteiger partial charge on any atom is -0.479 e.